The maximum absolute atomic E-state index is 9.78. The number of aliphatic hydroxyl groups is 1. The van der Waals surface area contributed by atoms with Crippen molar-refractivity contribution in [2.24, 2.45) is 12.5 Å². The number of nitrogens with zero attached hydrogens (tertiary/aromatic N) is 2. The molecule has 1 aliphatic carbocycles. The first-order valence-electron chi connectivity index (χ1n) is 6.03. The second-order valence-corrected chi connectivity index (χ2v) is 5.83. The number of fused-ring (bicyclic) bond motifs is 1. The van der Waals surface area contributed by atoms with E-state index in [1.807, 2.05) is 19.3 Å². The predicted octanol–water partition coefficient (Wildman–Crippen LogP) is 2.23. The highest BCUT2D eigenvalue weighted by Crippen LogP contribution is 2.65. The smallest absolute Gasteiger partial charge is 0.139 e. The molecular weight excluding hydrogens is 212 g/mol. The van der Waals surface area contributed by atoms with E-state index in [-0.39, 0.29) is 17.4 Å². The highest BCUT2D eigenvalue weighted by atomic mass is 16.3. The highest BCUT2D eigenvalue weighted by Gasteiger charge is 2.62. The van der Waals surface area contributed by atoms with Gasteiger partial charge in [-0.2, -0.15) is 0 Å². The first-order chi connectivity index (χ1) is 8.02. The predicted molar refractivity (Wildman–Crippen MR) is 67.9 cm³/mol. The molecule has 90 valence electrons. The lowest BCUT2D eigenvalue weighted by Crippen LogP contribution is -2.18. The van der Waals surface area contributed by atoms with Gasteiger partial charge in [-0.25, -0.2) is 4.98 Å². The molecule has 3 rings (SSSR count). The summed E-state index contributed by atoms with van der Waals surface area (Å²) >= 11 is 0. The number of aromatic nitrogens is 2. The van der Waals surface area contributed by atoms with Gasteiger partial charge < -0.3 is 9.67 Å². The van der Waals surface area contributed by atoms with Crippen LogP contribution in [-0.4, -0.2) is 21.3 Å². The first-order valence-corrected chi connectivity index (χ1v) is 6.03. The average molecular weight is 230 g/mol. The third kappa shape index (κ3) is 1.23. The van der Waals surface area contributed by atoms with E-state index in [2.05, 4.69) is 35.7 Å². The molecule has 0 amide bonds. The van der Waals surface area contributed by atoms with E-state index in [0.717, 1.165) is 12.1 Å². The zero-order valence-corrected chi connectivity index (χ0v) is 10.6. The molecule has 0 aliphatic heterocycles. The second-order valence-electron chi connectivity index (χ2n) is 5.83. The SMILES string of the molecule is Cn1cc(C2(CO)CC2(C)C)c2cccnc21. The van der Waals surface area contributed by atoms with E-state index in [1.165, 1.54) is 10.9 Å². The van der Waals surface area contributed by atoms with Crippen molar-refractivity contribution >= 4 is 11.0 Å². The Morgan fingerprint density at radius 1 is 1.47 bits per heavy atom. The third-order valence-corrected chi connectivity index (χ3v) is 4.43. The van der Waals surface area contributed by atoms with Gasteiger partial charge in [-0.05, 0) is 29.5 Å². The monoisotopic (exact) mass is 230 g/mol. The molecule has 3 nitrogen and oxygen atoms in total. The molecule has 1 atom stereocenters. The van der Waals surface area contributed by atoms with Gasteiger partial charge in [0, 0.05) is 30.2 Å². The summed E-state index contributed by atoms with van der Waals surface area (Å²) < 4.78 is 2.05. The van der Waals surface area contributed by atoms with E-state index in [4.69, 9.17) is 0 Å². The number of rotatable bonds is 2. The zero-order valence-electron chi connectivity index (χ0n) is 10.6. The maximum Gasteiger partial charge on any atom is 0.139 e. The molecule has 3 heteroatoms. The Morgan fingerprint density at radius 2 is 2.18 bits per heavy atom. The number of pyridine rings is 1. The molecule has 1 N–H and O–H groups in total. The summed E-state index contributed by atoms with van der Waals surface area (Å²) in [5.41, 5.74) is 2.36. The summed E-state index contributed by atoms with van der Waals surface area (Å²) in [6.45, 7) is 4.66. The van der Waals surface area contributed by atoms with Crippen LogP contribution in [0, 0.1) is 5.41 Å². The molecule has 1 aliphatic rings. The standard InChI is InChI=1S/C14H18N2O/c1-13(2)8-14(13,9-17)11-7-16(3)12-10(11)5-4-6-15-12/h4-7,17H,8-9H2,1-3H3. The maximum atomic E-state index is 9.78. The van der Waals surface area contributed by atoms with Gasteiger partial charge >= 0.3 is 0 Å². The second kappa shape index (κ2) is 3.10. The molecule has 17 heavy (non-hydrogen) atoms. The van der Waals surface area contributed by atoms with E-state index >= 15 is 0 Å². The van der Waals surface area contributed by atoms with Gasteiger partial charge in [0.2, 0.25) is 0 Å². The molecule has 2 aromatic rings. The van der Waals surface area contributed by atoms with Crippen LogP contribution in [-0.2, 0) is 12.5 Å². The Bertz CT molecular complexity index is 585. The fourth-order valence-electron chi connectivity index (χ4n) is 3.12. The van der Waals surface area contributed by atoms with E-state index in [1.54, 1.807) is 0 Å². The Balaban J connectivity index is 2.26. The molecule has 2 aromatic heterocycles. The average Bonchev–Trinajstić information content (AvgIpc) is 2.72. The zero-order chi connectivity index (χ0) is 12.3. The lowest BCUT2D eigenvalue weighted by atomic mass is 9.89. The normalized spacial score (nSPS) is 26.4. The Morgan fingerprint density at radius 3 is 2.76 bits per heavy atom. The highest BCUT2D eigenvalue weighted by molar-refractivity contribution is 5.82. The van der Waals surface area contributed by atoms with Gasteiger partial charge in [0.05, 0.1) is 6.61 Å². The summed E-state index contributed by atoms with van der Waals surface area (Å²) in [6.07, 6.45) is 4.99. The van der Waals surface area contributed by atoms with Crippen molar-refractivity contribution in [1.29, 1.82) is 0 Å². The van der Waals surface area contributed by atoms with Gasteiger partial charge in [-0.15, -0.1) is 0 Å². The summed E-state index contributed by atoms with van der Waals surface area (Å²) in [4.78, 5) is 4.41. The number of hydrogen-bond acceptors (Lipinski definition) is 2. The van der Waals surface area contributed by atoms with Gasteiger partial charge in [0.1, 0.15) is 5.65 Å². The third-order valence-electron chi connectivity index (χ3n) is 4.43. The van der Waals surface area contributed by atoms with Crippen LogP contribution in [0.1, 0.15) is 25.8 Å². The van der Waals surface area contributed by atoms with Crippen molar-refractivity contribution < 1.29 is 5.11 Å². The largest absolute Gasteiger partial charge is 0.395 e. The molecule has 1 fully saturated rings. The number of aryl methyl sites for hydroxylation is 1. The van der Waals surface area contributed by atoms with Crippen LogP contribution in [0.2, 0.25) is 0 Å². The van der Waals surface area contributed by atoms with Crippen molar-refractivity contribution in [3.8, 4) is 0 Å². The number of aliphatic hydroxyl groups excluding tert-OH is 1. The first kappa shape index (κ1) is 10.8. The fraction of sp³-hybridized carbons (Fsp3) is 0.500. The molecule has 0 spiro atoms. The molecule has 1 saturated carbocycles. The molecular formula is C14H18N2O. The molecule has 0 bridgehead atoms. The van der Waals surface area contributed by atoms with Crippen molar-refractivity contribution in [1.82, 2.24) is 9.55 Å². The molecule has 2 heterocycles. The van der Waals surface area contributed by atoms with Crippen LogP contribution in [0.25, 0.3) is 11.0 Å². The summed E-state index contributed by atoms with van der Waals surface area (Å²) in [7, 11) is 2.01. The molecule has 1 unspecified atom stereocenters. The van der Waals surface area contributed by atoms with Crippen LogP contribution in [0.5, 0.6) is 0 Å². The minimum atomic E-state index is -0.0739. The summed E-state index contributed by atoms with van der Waals surface area (Å²) in [6, 6.07) is 4.07. The summed E-state index contributed by atoms with van der Waals surface area (Å²) in [5, 5.41) is 11.0. The Labute approximate surface area is 101 Å². The van der Waals surface area contributed by atoms with E-state index in [0.29, 0.717) is 0 Å². The minimum Gasteiger partial charge on any atom is -0.395 e. The van der Waals surface area contributed by atoms with Crippen LogP contribution < -0.4 is 0 Å². The quantitative estimate of drug-likeness (QED) is 0.859. The molecule has 0 aromatic carbocycles. The van der Waals surface area contributed by atoms with Crippen molar-refractivity contribution in [2.75, 3.05) is 6.61 Å². The lowest BCUT2D eigenvalue weighted by Gasteiger charge is -2.17. The van der Waals surface area contributed by atoms with Gasteiger partial charge in [-0.1, -0.05) is 13.8 Å². The fourth-order valence-corrected chi connectivity index (χ4v) is 3.12. The summed E-state index contributed by atoms with van der Waals surface area (Å²) in [5.74, 6) is 0. The van der Waals surface area contributed by atoms with E-state index < -0.39 is 0 Å². The van der Waals surface area contributed by atoms with E-state index in [9.17, 15) is 5.11 Å². The van der Waals surface area contributed by atoms with Crippen molar-refractivity contribution in [2.45, 2.75) is 25.7 Å². The van der Waals surface area contributed by atoms with Crippen molar-refractivity contribution in [3.05, 3.63) is 30.1 Å². The number of hydrogen-bond donors (Lipinski definition) is 1. The van der Waals surface area contributed by atoms with Gasteiger partial charge in [0.25, 0.3) is 0 Å². The minimum absolute atomic E-state index is 0.0739. The van der Waals surface area contributed by atoms with Crippen LogP contribution in [0.15, 0.2) is 24.5 Å². The Kier molecular flexibility index (Phi) is 1.97. The van der Waals surface area contributed by atoms with Gasteiger partial charge in [-0.3, -0.25) is 0 Å². The molecule has 0 radical (unpaired) electrons. The van der Waals surface area contributed by atoms with Crippen LogP contribution >= 0.6 is 0 Å². The van der Waals surface area contributed by atoms with Gasteiger partial charge in [0.15, 0.2) is 0 Å². The Hall–Kier alpha value is -1.35. The molecule has 0 saturated heterocycles. The topological polar surface area (TPSA) is 38.0 Å². The van der Waals surface area contributed by atoms with Crippen LogP contribution in [0.3, 0.4) is 0 Å². The van der Waals surface area contributed by atoms with Crippen molar-refractivity contribution in [3.63, 3.8) is 0 Å². The lowest BCUT2D eigenvalue weighted by molar-refractivity contribution is 0.232. The van der Waals surface area contributed by atoms with Crippen LogP contribution in [0.4, 0.5) is 0 Å².